The first-order chi connectivity index (χ1) is 17.6. The lowest BCUT2D eigenvalue weighted by molar-refractivity contribution is 0.0683. The number of ether oxygens (including phenoxy) is 1. The van der Waals surface area contributed by atoms with Gasteiger partial charge in [0.1, 0.15) is 17.2 Å². The van der Waals surface area contributed by atoms with E-state index in [9.17, 15) is 9.90 Å². The number of piperazine rings is 1. The number of nitrogens with one attached hydrogen (secondary N) is 1. The molecule has 4 heterocycles. The molecule has 1 aliphatic carbocycles. The Balaban J connectivity index is 1.23. The number of hydrogen-bond donors (Lipinski definition) is 3. The lowest BCUT2D eigenvalue weighted by atomic mass is 10.2. The summed E-state index contributed by atoms with van der Waals surface area (Å²) in [7, 11) is 0. The summed E-state index contributed by atoms with van der Waals surface area (Å²) in [6.45, 7) is 5.70. The van der Waals surface area contributed by atoms with Crippen LogP contribution in [-0.4, -0.2) is 93.1 Å². The van der Waals surface area contributed by atoms with E-state index in [0.717, 1.165) is 69.5 Å². The Kier molecular flexibility index (Phi) is 7.59. The number of hydrogen-bond acceptors (Lipinski definition) is 9. The van der Waals surface area contributed by atoms with Gasteiger partial charge in [0.2, 0.25) is 5.95 Å². The Morgan fingerprint density at radius 2 is 1.89 bits per heavy atom. The van der Waals surface area contributed by atoms with Gasteiger partial charge in [-0.05, 0) is 31.0 Å². The fraction of sp³-hybridized carbons (Fsp3) is 0.520. The van der Waals surface area contributed by atoms with Gasteiger partial charge in [0.25, 0.3) is 0 Å². The Morgan fingerprint density at radius 1 is 1.08 bits per heavy atom. The molecule has 1 saturated carbocycles. The Morgan fingerprint density at radius 3 is 2.58 bits per heavy atom. The number of anilines is 3. The van der Waals surface area contributed by atoms with Gasteiger partial charge in [-0.3, -0.25) is 4.90 Å². The molecule has 0 unspecified atom stereocenters. The highest BCUT2D eigenvalue weighted by Crippen LogP contribution is 2.34. The van der Waals surface area contributed by atoms with Crippen LogP contribution in [0.15, 0.2) is 30.6 Å². The van der Waals surface area contributed by atoms with Gasteiger partial charge in [0, 0.05) is 50.3 Å². The molecule has 0 spiro atoms. The van der Waals surface area contributed by atoms with E-state index >= 15 is 0 Å². The molecule has 3 aromatic rings. The predicted molar refractivity (Wildman–Crippen MR) is 136 cm³/mol. The Hall–Kier alpha value is -3.28. The second-order valence-corrected chi connectivity index (χ2v) is 9.31. The van der Waals surface area contributed by atoms with Gasteiger partial charge in [0.05, 0.1) is 31.7 Å². The fourth-order valence-electron chi connectivity index (χ4n) is 5.12. The molecule has 1 aliphatic heterocycles. The van der Waals surface area contributed by atoms with Gasteiger partial charge in [-0.2, -0.15) is 4.98 Å². The molecule has 2 fully saturated rings. The molecule has 36 heavy (non-hydrogen) atoms. The monoisotopic (exact) mass is 495 g/mol. The highest BCUT2D eigenvalue weighted by molar-refractivity contribution is 5.93. The van der Waals surface area contributed by atoms with Gasteiger partial charge in [-0.15, -0.1) is 0 Å². The Labute approximate surface area is 209 Å². The maximum atomic E-state index is 11.9. The summed E-state index contributed by atoms with van der Waals surface area (Å²) in [5, 5.41) is 22.4. The lowest BCUT2D eigenvalue weighted by Crippen LogP contribution is -2.47. The number of carboxylic acids is 1. The summed E-state index contributed by atoms with van der Waals surface area (Å²) in [6.07, 6.45) is 7.65. The van der Waals surface area contributed by atoms with E-state index in [-0.39, 0.29) is 18.3 Å². The number of aliphatic hydroxyl groups is 1. The van der Waals surface area contributed by atoms with Crippen molar-refractivity contribution < 1.29 is 19.7 Å². The zero-order chi connectivity index (χ0) is 24.9. The SMILES string of the molecule is O=C(O)c1cc2cnc(Nc3ccc(N4CCN(CCOCCO)CC4)cn3)nc2n1C1CCCC1. The zero-order valence-electron chi connectivity index (χ0n) is 20.3. The van der Waals surface area contributed by atoms with Crippen LogP contribution in [0, 0.1) is 0 Å². The minimum atomic E-state index is -0.942. The van der Waals surface area contributed by atoms with Crippen molar-refractivity contribution in [1.82, 2.24) is 24.4 Å². The quantitative estimate of drug-likeness (QED) is 0.361. The molecular formula is C25H33N7O4. The Bertz CT molecular complexity index is 1170. The number of fused-ring (bicyclic) bond motifs is 1. The molecule has 11 heteroatoms. The minimum Gasteiger partial charge on any atom is -0.477 e. The molecule has 0 radical (unpaired) electrons. The molecule has 0 amide bonds. The van der Waals surface area contributed by atoms with Crippen molar-refractivity contribution in [2.75, 3.05) is 62.8 Å². The molecule has 0 atom stereocenters. The van der Waals surface area contributed by atoms with Crippen LogP contribution in [-0.2, 0) is 4.74 Å². The number of aromatic carboxylic acids is 1. The first-order valence-electron chi connectivity index (χ1n) is 12.6. The maximum absolute atomic E-state index is 11.9. The van der Waals surface area contributed by atoms with E-state index in [1.165, 1.54) is 0 Å². The highest BCUT2D eigenvalue weighted by atomic mass is 16.5. The van der Waals surface area contributed by atoms with Gasteiger partial charge in [0.15, 0.2) is 0 Å². The predicted octanol–water partition coefficient (Wildman–Crippen LogP) is 2.51. The van der Waals surface area contributed by atoms with Crippen LogP contribution in [0.2, 0.25) is 0 Å². The molecule has 3 N–H and O–H groups in total. The number of carbonyl (C=O) groups is 1. The van der Waals surface area contributed by atoms with Crippen LogP contribution in [0.3, 0.4) is 0 Å². The zero-order valence-corrected chi connectivity index (χ0v) is 20.3. The molecule has 11 nitrogen and oxygen atoms in total. The van der Waals surface area contributed by atoms with Crippen molar-refractivity contribution in [3.63, 3.8) is 0 Å². The van der Waals surface area contributed by atoms with E-state index in [4.69, 9.17) is 9.84 Å². The fourth-order valence-corrected chi connectivity index (χ4v) is 5.12. The summed E-state index contributed by atoms with van der Waals surface area (Å²) in [6, 6.07) is 5.77. The summed E-state index contributed by atoms with van der Waals surface area (Å²) in [4.78, 5) is 30.2. The van der Waals surface area contributed by atoms with Crippen molar-refractivity contribution in [2.45, 2.75) is 31.7 Å². The standard InChI is InChI=1S/C25H33N7O4/c33-12-14-36-13-11-30-7-9-31(10-8-30)20-5-6-22(26-17-20)28-25-27-16-18-15-21(24(34)35)32(23(18)29-25)19-3-1-2-4-19/h5-6,15-17,19,33H,1-4,7-14H2,(H,34,35)(H,26,27,28,29). The molecule has 0 bridgehead atoms. The third kappa shape index (κ3) is 5.43. The first-order valence-corrected chi connectivity index (χ1v) is 12.6. The molecule has 0 aromatic carbocycles. The minimum absolute atomic E-state index is 0.0615. The van der Waals surface area contributed by atoms with E-state index < -0.39 is 5.97 Å². The molecule has 5 rings (SSSR count). The number of aromatic nitrogens is 4. The van der Waals surface area contributed by atoms with Crippen LogP contribution >= 0.6 is 0 Å². The third-order valence-electron chi connectivity index (χ3n) is 7.00. The second kappa shape index (κ2) is 11.2. The van der Waals surface area contributed by atoms with Crippen LogP contribution in [0.1, 0.15) is 42.2 Å². The first kappa shape index (κ1) is 24.4. The summed E-state index contributed by atoms with van der Waals surface area (Å²) >= 11 is 0. The summed E-state index contributed by atoms with van der Waals surface area (Å²) in [5.41, 5.74) is 1.98. The van der Waals surface area contributed by atoms with Crippen LogP contribution in [0.5, 0.6) is 0 Å². The number of carboxylic acid groups (broad SMARTS) is 1. The summed E-state index contributed by atoms with van der Waals surface area (Å²) < 4.78 is 7.23. The van der Waals surface area contributed by atoms with Gasteiger partial charge in [-0.25, -0.2) is 14.8 Å². The van der Waals surface area contributed by atoms with E-state index in [2.05, 4.69) is 30.1 Å². The smallest absolute Gasteiger partial charge is 0.352 e. The average Bonchev–Trinajstić information content (AvgIpc) is 3.55. The van der Waals surface area contributed by atoms with Crippen LogP contribution in [0.4, 0.5) is 17.5 Å². The number of rotatable bonds is 10. The van der Waals surface area contributed by atoms with Crippen molar-refractivity contribution in [3.05, 3.63) is 36.3 Å². The number of pyridine rings is 1. The molecule has 1 saturated heterocycles. The van der Waals surface area contributed by atoms with Crippen molar-refractivity contribution in [3.8, 4) is 0 Å². The third-order valence-corrected chi connectivity index (χ3v) is 7.00. The average molecular weight is 496 g/mol. The van der Waals surface area contributed by atoms with Crippen LogP contribution in [0.25, 0.3) is 11.0 Å². The van der Waals surface area contributed by atoms with E-state index in [1.807, 2.05) is 22.9 Å². The highest BCUT2D eigenvalue weighted by Gasteiger charge is 2.25. The van der Waals surface area contributed by atoms with Gasteiger partial charge < -0.3 is 29.7 Å². The molecule has 192 valence electrons. The summed E-state index contributed by atoms with van der Waals surface area (Å²) in [5.74, 6) is 0.0896. The molecule has 2 aliphatic rings. The van der Waals surface area contributed by atoms with E-state index in [0.29, 0.717) is 30.6 Å². The second-order valence-electron chi connectivity index (χ2n) is 9.31. The van der Waals surface area contributed by atoms with Crippen LogP contribution < -0.4 is 10.2 Å². The topological polar surface area (TPSA) is 129 Å². The van der Waals surface area contributed by atoms with Gasteiger partial charge >= 0.3 is 5.97 Å². The number of aliphatic hydroxyl groups excluding tert-OH is 1. The number of nitrogens with zero attached hydrogens (tertiary/aromatic N) is 6. The van der Waals surface area contributed by atoms with Crippen molar-refractivity contribution in [2.24, 2.45) is 0 Å². The maximum Gasteiger partial charge on any atom is 0.352 e. The normalized spacial score (nSPS) is 17.2. The molecular weight excluding hydrogens is 462 g/mol. The largest absolute Gasteiger partial charge is 0.477 e. The van der Waals surface area contributed by atoms with Crippen molar-refractivity contribution >= 4 is 34.5 Å². The lowest BCUT2D eigenvalue weighted by Gasteiger charge is -2.35. The molecule has 3 aromatic heterocycles. The van der Waals surface area contributed by atoms with Crippen molar-refractivity contribution in [1.29, 1.82) is 0 Å². The van der Waals surface area contributed by atoms with Gasteiger partial charge in [-0.1, -0.05) is 12.8 Å². The van der Waals surface area contributed by atoms with E-state index in [1.54, 1.807) is 12.3 Å².